The minimum Gasteiger partial charge on any atom is -0.481 e. The fourth-order valence-electron chi connectivity index (χ4n) is 2.27. The molecule has 3 aromatic rings. The second-order valence-electron chi connectivity index (χ2n) is 5.62. The van der Waals surface area contributed by atoms with Crippen LogP contribution in [0.2, 0.25) is 0 Å². The molecule has 132 valence electrons. The van der Waals surface area contributed by atoms with E-state index in [1.54, 1.807) is 43.3 Å². The van der Waals surface area contributed by atoms with E-state index in [1.807, 2.05) is 30.3 Å². The summed E-state index contributed by atoms with van der Waals surface area (Å²) in [6.45, 7) is 1.60. The van der Waals surface area contributed by atoms with Crippen molar-refractivity contribution in [3.8, 4) is 17.2 Å². The largest absolute Gasteiger partial charge is 0.481 e. The van der Waals surface area contributed by atoms with Crippen LogP contribution < -0.4 is 14.8 Å². The summed E-state index contributed by atoms with van der Waals surface area (Å²) >= 11 is 0. The van der Waals surface area contributed by atoms with Crippen molar-refractivity contribution in [2.45, 2.75) is 13.0 Å². The lowest BCUT2D eigenvalue weighted by Gasteiger charge is -2.15. The first-order chi connectivity index (χ1) is 12.6. The minimum atomic E-state index is -0.782. The predicted octanol–water partition coefficient (Wildman–Crippen LogP) is 5.02. The molecule has 0 heterocycles. The van der Waals surface area contributed by atoms with Gasteiger partial charge in [0, 0.05) is 0 Å². The van der Waals surface area contributed by atoms with Crippen molar-refractivity contribution >= 4 is 11.6 Å². The number of nitrogens with one attached hydrogen (secondary N) is 1. The lowest BCUT2D eigenvalue weighted by molar-refractivity contribution is -0.122. The summed E-state index contributed by atoms with van der Waals surface area (Å²) in [5, 5.41) is 2.51. The molecule has 1 amide bonds. The Labute approximate surface area is 151 Å². The minimum absolute atomic E-state index is 0.125. The van der Waals surface area contributed by atoms with E-state index >= 15 is 0 Å². The fourth-order valence-corrected chi connectivity index (χ4v) is 2.27. The highest BCUT2D eigenvalue weighted by molar-refractivity contribution is 5.94. The van der Waals surface area contributed by atoms with Crippen LogP contribution in [-0.2, 0) is 4.79 Å². The zero-order valence-electron chi connectivity index (χ0n) is 14.2. The van der Waals surface area contributed by atoms with Gasteiger partial charge < -0.3 is 14.8 Å². The van der Waals surface area contributed by atoms with Gasteiger partial charge in [0.25, 0.3) is 5.91 Å². The van der Waals surface area contributed by atoms with Crippen molar-refractivity contribution < 1.29 is 18.7 Å². The maximum atomic E-state index is 13.6. The molecule has 0 radical (unpaired) electrons. The molecular formula is C21H18FNO3. The van der Waals surface area contributed by atoms with Crippen LogP contribution >= 0.6 is 0 Å². The second-order valence-corrected chi connectivity index (χ2v) is 5.62. The predicted molar refractivity (Wildman–Crippen MR) is 98.1 cm³/mol. The van der Waals surface area contributed by atoms with Crippen LogP contribution in [0, 0.1) is 5.82 Å². The average molecular weight is 351 g/mol. The summed E-state index contributed by atoms with van der Waals surface area (Å²) in [7, 11) is 0. The molecule has 0 aliphatic rings. The van der Waals surface area contributed by atoms with Crippen LogP contribution in [0.5, 0.6) is 17.2 Å². The first kappa shape index (κ1) is 17.5. The van der Waals surface area contributed by atoms with Crippen LogP contribution in [0.4, 0.5) is 10.1 Å². The van der Waals surface area contributed by atoms with E-state index in [0.717, 1.165) is 5.75 Å². The molecule has 0 aliphatic heterocycles. The second kappa shape index (κ2) is 8.16. The first-order valence-corrected chi connectivity index (χ1v) is 8.17. The SMILES string of the molecule is C[C@@H](Oc1ccc(Oc2ccccc2)cc1)C(=O)Nc1ccccc1F. The van der Waals surface area contributed by atoms with Gasteiger partial charge in [0.05, 0.1) is 5.69 Å². The van der Waals surface area contributed by atoms with E-state index < -0.39 is 17.8 Å². The third kappa shape index (κ3) is 4.60. The van der Waals surface area contributed by atoms with Gasteiger partial charge in [-0.2, -0.15) is 0 Å². The van der Waals surface area contributed by atoms with Gasteiger partial charge in [-0.05, 0) is 55.5 Å². The van der Waals surface area contributed by atoms with E-state index in [0.29, 0.717) is 11.5 Å². The number of carbonyl (C=O) groups excluding carboxylic acids is 1. The number of hydrogen-bond acceptors (Lipinski definition) is 3. The van der Waals surface area contributed by atoms with Gasteiger partial charge in [0.1, 0.15) is 23.1 Å². The zero-order chi connectivity index (χ0) is 18.4. The Morgan fingerprint density at radius 1 is 0.846 bits per heavy atom. The molecule has 0 saturated heterocycles. The van der Waals surface area contributed by atoms with Crippen LogP contribution in [-0.4, -0.2) is 12.0 Å². The molecule has 0 spiro atoms. The van der Waals surface area contributed by atoms with E-state index in [9.17, 15) is 9.18 Å². The standard InChI is InChI=1S/C21H18FNO3/c1-15(21(24)23-20-10-6-5-9-19(20)22)25-17-11-13-18(14-12-17)26-16-7-3-2-4-8-16/h2-15H,1H3,(H,23,24)/t15-/m1/s1. The molecule has 0 unspecified atom stereocenters. The van der Waals surface area contributed by atoms with Crippen molar-refractivity contribution in [1.29, 1.82) is 0 Å². The Morgan fingerprint density at radius 3 is 2.12 bits per heavy atom. The van der Waals surface area contributed by atoms with Crippen molar-refractivity contribution in [3.05, 3.63) is 84.7 Å². The van der Waals surface area contributed by atoms with E-state index in [1.165, 1.54) is 12.1 Å². The Bertz CT molecular complexity index is 866. The number of benzene rings is 3. The number of carbonyl (C=O) groups is 1. The molecule has 0 aromatic heterocycles. The molecule has 1 N–H and O–H groups in total. The van der Waals surface area contributed by atoms with E-state index in [-0.39, 0.29) is 5.69 Å². The molecule has 0 fully saturated rings. The third-order valence-corrected chi connectivity index (χ3v) is 3.62. The van der Waals surface area contributed by atoms with E-state index in [2.05, 4.69) is 5.32 Å². The molecule has 0 saturated carbocycles. The van der Waals surface area contributed by atoms with E-state index in [4.69, 9.17) is 9.47 Å². The van der Waals surface area contributed by atoms with Gasteiger partial charge >= 0.3 is 0 Å². The summed E-state index contributed by atoms with van der Waals surface area (Å²) in [5.41, 5.74) is 0.125. The molecule has 26 heavy (non-hydrogen) atoms. The first-order valence-electron chi connectivity index (χ1n) is 8.17. The van der Waals surface area contributed by atoms with Crippen LogP contribution in [0.15, 0.2) is 78.9 Å². The third-order valence-electron chi connectivity index (χ3n) is 3.62. The molecular weight excluding hydrogens is 333 g/mol. The van der Waals surface area contributed by atoms with Crippen LogP contribution in [0.25, 0.3) is 0 Å². The Morgan fingerprint density at radius 2 is 1.42 bits per heavy atom. The summed E-state index contributed by atoms with van der Waals surface area (Å²) in [5.74, 6) is 0.989. The number of amides is 1. The molecule has 1 atom stereocenters. The number of para-hydroxylation sites is 2. The van der Waals surface area contributed by atoms with Crippen LogP contribution in [0.3, 0.4) is 0 Å². The zero-order valence-corrected chi connectivity index (χ0v) is 14.2. The Hall–Kier alpha value is -3.34. The quantitative estimate of drug-likeness (QED) is 0.678. The lowest BCUT2D eigenvalue weighted by Crippen LogP contribution is -2.30. The van der Waals surface area contributed by atoms with Gasteiger partial charge in [0.15, 0.2) is 6.10 Å². The monoisotopic (exact) mass is 351 g/mol. The average Bonchev–Trinajstić information content (AvgIpc) is 2.66. The van der Waals surface area contributed by atoms with Crippen molar-refractivity contribution in [2.75, 3.05) is 5.32 Å². The fraction of sp³-hybridized carbons (Fsp3) is 0.0952. The lowest BCUT2D eigenvalue weighted by atomic mass is 10.2. The summed E-state index contributed by atoms with van der Waals surface area (Å²) < 4.78 is 24.9. The number of rotatable bonds is 6. The summed E-state index contributed by atoms with van der Waals surface area (Å²) in [6.07, 6.45) is -0.782. The molecule has 4 nitrogen and oxygen atoms in total. The molecule has 5 heteroatoms. The molecule has 0 aliphatic carbocycles. The number of ether oxygens (including phenoxy) is 2. The van der Waals surface area contributed by atoms with Gasteiger partial charge in [-0.15, -0.1) is 0 Å². The van der Waals surface area contributed by atoms with Crippen molar-refractivity contribution in [3.63, 3.8) is 0 Å². The molecule has 3 rings (SSSR count). The topological polar surface area (TPSA) is 47.6 Å². The van der Waals surface area contributed by atoms with Gasteiger partial charge in [-0.3, -0.25) is 4.79 Å². The highest BCUT2D eigenvalue weighted by atomic mass is 19.1. The summed E-state index contributed by atoms with van der Waals surface area (Å²) in [4.78, 5) is 12.1. The maximum absolute atomic E-state index is 13.6. The van der Waals surface area contributed by atoms with Gasteiger partial charge in [-0.1, -0.05) is 30.3 Å². The Balaban J connectivity index is 1.58. The normalized spacial score (nSPS) is 11.5. The molecule has 0 bridgehead atoms. The smallest absolute Gasteiger partial charge is 0.265 e. The van der Waals surface area contributed by atoms with Gasteiger partial charge in [0.2, 0.25) is 0 Å². The summed E-state index contributed by atoms with van der Waals surface area (Å²) in [6, 6.07) is 22.3. The molecule has 3 aromatic carbocycles. The maximum Gasteiger partial charge on any atom is 0.265 e. The number of hydrogen-bond donors (Lipinski definition) is 1. The van der Waals surface area contributed by atoms with Crippen LogP contribution in [0.1, 0.15) is 6.92 Å². The van der Waals surface area contributed by atoms with Crippen molar-refractivity contribution in [1.82, 2.24) is 0 Å². The highest BCUT2D eigenvalue weighted by Gasteiger charge is 2.16. The Kier molecular flexibility index (Phi) is 5.49. The highest BCUT2D eigenvalue weighted by Crippen LogP contribution is 2.24. The number of halogens is 1. The number of anilines is 1. The van der Waals surface area contributed by atoms with Crippen molar-refractivity contribution in [2.24, 2.45) is 0 Å². The van der Waals surface area contributed by atoms with Gasteiger partial charge in [-0.25, -0.2) is 4.39 Å².